The van der Waals surface area contributed by atoms with Crippen molar-refractivity contribution in [1.82, 2.24) is 0 Å². The summed E-state index contributed by atoms with van der Waals surface area (Å²) in [5.41, 5.74) is 2.98. The second kappa shape index (κ2) is 9.24. The maximum Gasteiger partial charge on any atom is 0.228 e. The molecule has 0 aliphatic carbocycles. The van der Waals surface area contributed by atoms with E-state index < -0.39 is 0 Å². The molecule has 0 saturated heterocycles. The number of benzene rings is 3. The molecular weight excluding hydrogens is 352 g/mol. The van der Waals surface area contributed by atoms with E-state index in [2.05, 4.69) is 11.4 Å². The first kappa shape index (κ1) is 19.0. The molecule has 0 aromatic heterocycles. The lowest BCUT2D eigenvalue weighted by atomic mass is 10.1. The van der Waals surface area contributed by atoms with E-state index in [1.807, 2.05) is 54.6 Å². The number of carbonyl (C=O) groups excluding carboxylic acids is 1. The lowest BCUT2D eigenvalue weighted by Gasteiger charge is -2.11. The highest BCUT2D eigenvalue weighted by atomic mass is 16.5. The number of nitrogens with zero attached hydrogens (tertiary/aromatic N) is 1. The highest BCUT2D eigenvalue weighted by molar-refractivity contribution is 5.92. The molecule has 0 fully saturated rings. The standard InChI is InChI=1S/C23H20N2O3/c1-27-22-11-3-2-8-19(22)13-23(26)25-20-9-5-10-21(14-20)28-16-18-7-4-6-17(12-18)15-24/h2-12,14H,13,16H2,1H3,(H,25,26). The fourth-order valence-corrected chi connectivity index (χ4v) is 2.79. The van der Waals surface area contributed by atoms with Gasteiger partial charge in [0, 0.05) is 17.3 Å². The predicted molar refractivity (Wildman–Crippen MR) is 107 cm³/mol. The Morgan fingerprint density at radius 1 is 1.04 bits per heavy atom. The molecule has 0 radical (unpaired) electrons. The number of methoxy groups -OCH3 is 1. The van der Waals surface area contributed by atoms with Crippen molar-refractivity contribution < 1.29 is 14.3 Å². The lowest BCUT2D eigenvalue weighted by Crippen LogP contribution is -2.15. The van der Waals surface area contributed by atoms with Crippen LogP contribution >= 0.6 is 0 Å². The van der Waals surface area contributed by atoms with Gasteiger partial charge in [0.2, 0.25) is 5.91 Å². The second-order valence-corrected chi connectivity index (χ2v) is 6.17. The summed E-state index contributed by atoms with van der Waals surface area (Å²) >= 11 is 0. The van der Waals surface area contributed by atoms with Crippen molar-refractivity contribution in [2.24, 2.45) is 0 Å². The van der Waals surface area contributed by atoms with Crippen molar-refractivity contribution >= 4 is 11.6 Å². The monoisotopic (exact) mass is 372 g/mol. The van der Waals surface area contributed by atoms with E-state index in [1.54, 1.807) is 25.3 Å². The van der Waals surface area contributed by atoms with E-state index in [9.17, 15) is 4.79 Å². The zero-order chi connectivity index (χ0) is 19.8. The summed E-state index contributed by atoms with van der Waals surface area (Å²) in [6, 6.07) is 24.0. The zero-order valence-electron chi connectivity index (χ0n) is 15.5. The number of nitrogens with one attached hydrogen (secondary N) is 1. The van der Waals surface area contributed by atoms with Crippen LogP contribution in [0.15, 0.2) is 72.8 Å². The molecule has 3 aromatic rings. The molecule has 0 aliphatic rings. The zero-order valence-corrected chi connectivity index (χ0v) is 15.5. The number of para-hydroxylation sites is 1. The first-order valence-corrected chi connectivity index (χ1v) is 8.81. The number of carbonyl (C=O) groups is 1. The van der Waals surface area contributed by atoms with Gasteiger partial charge in [-0.1, -0.05) is 36.4 Å². The average molecular weight is 372 g/mol. The lowest BCUT2D eigenvalue weighted by molar-refractivity contribution is -0.115. The molecule has 0 heterocycles. The third-order valence-corrected chi connectivity index (χ3v) is 4.12. The Balaban J connectivity index is 1.61. The van der Waals surface area contributed by atoms with Crippen molar-refractivity contribution in [3.05, 3.63) is 89.5 Å². The van der Waals surface area contributed by atoms with Crippen LogP contribution < -0.4 is 14.8 Å². The van der Waals surface area contributed by atoms with Crippen LogP contribution in [-0.2, 0) is 17.8 Å². The van der Waals surface area contributed by atoms with Gasteiger partial charge in [-0.3, -0.25) is 4.79 Å². The summed E-state index contributed by atoms with van der Waals surface area (Å²) in [7, 11) is 1.59. The quantitative estimate of drug-likeness (QED) is 0.670. The topological polar surface area (TPSA) is 71.3 Å². The van der Waals surface area contributed by atoms with E-state index in [1.165, 1.54) is 0 Å². The summed E-state index contributed by atoms with van der Waals surface area (Å²) in [6.07, 6.45) is 0.218. The van der Waals surface area contributed by atoms with Gasteiger partial charge in [-0.2, -0.15) is 5.26 Å². The molecule has 0 spiro atoms. The molecule has 0 aliphatic heterocycles. The number of nitriles is 1. The SMILES string of the molecule is COc1ccccc1CC(=O)Nc1cccc(OCc2cccc(C#N)c2)c1. The van der Waals surface area contributed by atoms with Gasteiger partial charge in [0.25, 0.3) is 0 Å². The first-order valence-electron chi connectivity index (χ1n) is 8.81. The van der Waals surface area contributed by atoms with Crippen molar-refractivity contribution in [2.45, 2.75) is 13.0 Å². The molecular formula is C23H20N2O3. The minimum Gasteiger partial charge on any atom is -0.496 e. The van der Waals surface area contributed by atoms with Crippen molar-refractivity contribution in [3.8, 4) is 17.6 Å². The van der Waals surface area contributed by atoms with E-state index in [0.717, 1.165) is 11.1 Å². The van der Waals surface area contributed by atoms with E-state index >= 15 is 0 Å². The fraction of sp³-hybridized carbons (Fsp3) is 0.130. The van der Waals surface area contributed by atoms with Crippen LogP contribution in [-0.4, -0.2) is 13.0 Å². The Morgan fingerprint density at radius 3 is 2.68 bits per heavy atom. The fourth-order valence-electron chi connectivity index (χ4n) is 2.79. The normalized spacial score (nSPS) is 10.0. The minimum absolute atomic E-state index is 0.136. The third-order valence-electron chi connectivity index (χ3n) is 4.12. The van der Waals surface area contributed by atoms with Gasteiger partial charge in [0.1, 0.15) is 18.1 Å². The van der Waals surface area contributed by atoms with Gasteiger partial charge in [0.15, 0.2) is 0 Å². The predicted octanol–water partition coefficient (Wildman–Crippen LogP) is 4.33. The third kappa shape index (κ3) is 5.12. The van der Waals surface area contributed by atoms with Gasteiger partial charge < -0.3 is 14.8 Å². The number of anilines is 1. The molecule has 0 saturated carbocycles. The molecule has 0 unspecified atom stereocenters. The Morgan fingerprint density at radius 2 is 1.86 bits per heavy atom. The van der Waals surface area contributed by atoms with Crippen LogP contribution in [0.3, 0.4) is 0 Å². The Labute approximate surface area is 164 Å². The van der Waals surface area contributed by atoms with Crippen LogP contribution in [0.2, 0.25) is 0 Å². The molecule has 5 nitrogen and oxygen atoms in total. The molecule has 140 valence electrons. The summed E-state index contributed by atoms with van der Waals surface area (Å²) in [6.45, 7) is 0.341. The molecule has 1 N–H and O–H groups in total. The van der Waals surface area contributed by atoms with Crippen molar-refractivity contribution in [1.29, 1.82) is 5.26 Å². The number of rotatable bonds is 7. The maximum atomic E-state index is 12.4. The number of amides is 1. The van der Waals surface area contributed by atoms with Crippen LogP contribution in [0.4, 0.5) is 5.69 Å². The smallest absolute Gasteiger partial charge is 0.228 e. The van der Waals surface area contributed by atoms with Crippen LogP contribution in [0.25, 0.3) is 0 Å². The first-order chi connectivity index (χ1) is 13.7. The minimum atomic E-state index is -0.136. The number of hydrogen-bond acceptors (Lipinski definition) is 4. The second-order valence-electron chi connectivity index (χ2n) is 6.17. The van der Waals surface area contributed by atoms with E-state index in [0.29, 0.717) is 29.4 Å². The summed E-state index contributed by atoms with van der Waals surface area (Å²) in [5.74, 6) is 1.19. The van der Waals surface area contributed by atoms with Crippen LogP contribution in [0, 0.1) is 11.3 Å². The van der Waals surface area contributed by atoms with E-state index in [4.69, 9.17) is 14.7 Å². The molecule has 3 rings (SSSR count). The molecule has 1 amide bonds. The van der Waals surface area contributed by atoms with Crippen LogP contribution in [0.1, 0.15) is 16.7 Å². The van der Waals surface area contributed by atoms with Gasteiger partial charge in [0.05, 0.1) is 25.2 Å². The summed E-state index contributed by atoms with van der Waals surface area (Å²) in [5, 5.41) is 11.8. The van der Waals surface area contributed by atoms with Gasteiger partial charge in [-0.25, -0.2) is 0 Å². The maximum absolute atomic E-state index is 12.4. The molecule has 5 heteroatoms. The molecule has 0 atom stereocenters. The molecule has 0 bridgehead atoms. The number of hydrogen-bond donors (Lipinski definition) is 1. The largest absolute Gasteiger partial charge is 0.496 e. The highest BCUT2D eigenvalue weighted by Gasteiger charge is 2.09. The Bertz CT molecular complexity index is 1010. The van der Waals surface area contributed by atoms with Gasteiger partial charge in [-0.15, -0.1) is 0 Å². The highest BCUT2D eigenvalue weighted by Crippen LogP contribution is 2.21. The number of ether oxygens (including phenoxy) is 2. The Hall–Kier alpha value is -3.78. The van der Waals surface area contributed by atoms with Gasteiger partial charge >= 0.3 is 0 Å². The average Bonchev–Trinajstić information content (AvgIpc) is 2.73. The Kier molecular flexibility index (Phi) is 6.27. The summed E-state index contributed by atoms with van der Waals surface area (Å²) in [4.78, 5) is 12.4. The van der Waals surface area contributed by atoms with Gasteiger partial charge in [-0.05, 0) is 35.9 Å². The summed E-state index contributed by atoms with van der Waals surface area (Å²) < 4.78 is 11.1. The molecule has 3 aromatic carbocycles. The van der Waals surface area contributed by atoms with Crippen LogP contribution in [0.5, 0.6) is 11.5 Å². The molecule has 28 heavy (non-hydrogen) atoms. The van der Waals surface area contributed by atoms with Crippen molar-refractivity contribution in [2.75, 3.05) is 12.4 Å². The van der Waals surface area contributed by atoms with E-state index in [-0.39, 0.29) is 12.3 Å². The van der Waals surface area contributed by atoms with Crippen molar-refractivity contribution in [3.63, 3.8) is 0 Å².